The van der Waals surface area contributed by atoms with Crippen LogP contribution in [0.5, 0.6) is 0 Å². The number of aliphatic hydroxyl groups is 1. The van der Waals surface area contributed by atoms with E-state index in [1.807, 2.05) is 0 Å². The Morgan fingerprint density at radius 1 is 1.23 bits per heavy atom. The van der Waals surface area contributed by atoms with E-state index in [-0.39, 0.29) is 12.8 Å². The van der Waals surface area contributed by atoms with Crippen molar-refractivity contribution in [3.8, 4) is 0 Å². The lowest BCUT2D eigenvalue weighted by molar-refractivity contribution is -0.148. The van der Waals surface area contributed by atoms with Crippen LogP contribution in [0, 0.1) is 0 Å². The van der Waals surface area contributed by atoms with Crippen molar-refractivity contribution in [2.45, 2.75) is 44.8 Å². The molecule has 0 aliphatic rings. The molecule has 126 valence electrons. The van der Waals surface area contributed by atoms with Gasteiger partial charge in [-0.15, -0.1) is 0 Å². The maximum atomic E-state index is 12.2. The molecule has 3 atom stereocenters. The average Bonchev–Trinajstić information content (AvgIpc) is 2.46. The van der Waals surface area contributed by atoms with Crippen LogP contribution in [0.2, 0.25) is 6.82 Å². The molecule has 0 heterocycles. The molecular formula is C12H23BN2O7. The van der Waals surface area contributed by atoms with Gasteiger partial charge in [0.1, 0.15) is 0 Å². The Morgan fingerprint density at radius 3 is 2.23 bits per heavy atom. The number of amides is 1. The second-order valence-electron chi connectivity index (χ2n) is 4.76. The van der Waals surface area contributed by atoms with Gasteiger partial charge < -0.3 is 30.1 Å². The predicted octanol–water partition coefficient (Wildman–Crippen LogP) is -1.95. The van der Waals surface area contributed by atoms with Crippen LogP contribution < -0.4 is 10.5 Å². The summed E-state index contributed by atoms with van der Waals surface area (Å²) in [7, 11) is 1.35. The van der Waals surface area contributed by atoms with E-state index in [1.54, 1.807) is 0 Å². The van der Waals surface area contributed by atoms with Crippen LogP contribution in [-0.2, 0) is 23.9 Å². The van der Waals surface area contributed by atoms with Gasteiger partial charge in [0, 0.05) is 6.42 Å². The first-order chi connectivity index (χ1) is 10.2. The second kappa shape index (κ2) is 10.1. The van der Waals surface area contributed by atoms with Gasteiger partial charge in [-0.25, -0.2) is 4.79 Å². The van der Waals surface area contributed by atoms with Crippen molar-refractivity contribution in [2.24, 2.45) is 0 Å². The van der Waals surface area contributed by atoms with Gasteiger partial charge in [-0.2, -0.15) is 0 Å². The molecule has 3 unspecified atom stereocenters. The predicted molar refractivity (Wildman–Crippen MR) is 77.6 cm³/mol. The first kappa shape index (κ1) is 20.4. The lowest BCUT2D eigenvalue weighted by Crippen LogP contribution is -2.56. The van der Waals surface area contributed by atoms with Gasteiger partial charge in [-0.05, 0) is 20.2 Å². The summed E-state index contributed by atoms with van der Waals surface area (Å²) in [5.41, 5.74) is 0. The highest BCUT2D eigenvalue weighted by Gasteiger charge is 2.30. The minimum Gasteiger partial charge on any atom is -0.469 e. The summed E-state index contributed by atoms with van der Waals surface area (Å²) in [6, 6.07) is -2.18. The number of ether oxygens (including phenoxy) is 2. The molecule has 10 heteroatoms. The zero-order chi connectivity index (χ0) is 17.3. The maximum absolute atomic E-state index is 12.2. The monoisotopic (exact) mass is 318 g/mol. The summed E-state index contributed by atoms with van der Waals surface area (Å²) in [5, 5.41) is 23.8. The standard InChI is InChI=1S/C12H23BN2O7/c1-7(16)10(12(19)22-4)14-11(18)8(15-13(2)20)5-6-9(17)21-3/h7-8,10,15-16,20H,5-6H2,1-4H3,(H,14,18). The van der Waals surface area contributed by atoms with Crippen molar-refractivity contribution in [1.29, 1.82) is 0 Å². The Morgan fingerprint density at radius 2 is 1.82 bits per heavy atom. The summed E-state index contributed by atoms with van der Waals surface area (Å²) >= 11 is 0. The Bertz CT molecular complexity index is 390. The van der Waals surface area contributed by atoms with Crippen molar-refractivity contribution in [3.05, 3.63) is 0 Å². The summed E-state index contributed by atoms with van der Waals surface area (Å²) in [5.74, 6) is -1.96. The first-order valence-electron chi connectivity index (χ1n) is 6.80. The number of carbonyl (C=O) groups is 3. The molecule has 0 rings (SSSR count). The van der Waals surface area contributed by atoms with E-state index in [9.17, 15) is 24.5 Å². The largest absolute Gasteiger partial charge is 0.469 e. The summed E-state index contributed by atoms with van der Waals surface area (Å²) in [4.78, 5) is 34.8. The van der Waals surface area contributed by atoms with Gasteiger partial charge in [-0.1, -0.05) is 0 Å². The quantitative estimate of drug-likeness (QED) is 0.285. The van der Waals surface area contributed by atoms with Crippen LogP contribution in [0.4, 0.5) is 0 Å². The van der Waals surface area contributed by atoms with E-state index >= 15 is 0 Å². The number of nitrogens with one attached hydrogen (secondary N) is 2. The van der Waals surface area contributed by atoms with E-state index in [0.29, 0.717) is 0 Å². The van der Waals surface area contributed by atoms with Crippen LogP contribution >= 0.6 is 0 Å². The second-order valence-corrected chi connectivity index (χ2v) is 4.76. The molecule has 4 N–H and O–H groups in total. The van der Waals surface area contributed by atoms with Crippen molar-refractivity contribution < 1.29 is 34.0 Å². The molecule has 0 fully saturated rings. The SMILES string of the molecule is COC(=O)CCC(NB(C)O)C(=O)NC(C(=O)OC)C(C)O. The molecule has 0 aliphatic carbocycles. The van der Waals surface area contributed by atoms with Crippen LogP contribution in [0.3, 0.4) is 0 Å². The summed E-state index contributed by atoms with van der Waals surface area (Å²) in [6.45, 7) is 2.73. The lowest BCUT2D eigenvalue weighted by atomic mass is 9.86. The highest BCUT2D eigenvalue weighted by atomic mass is 16.5. The zero-order valence-corrected chi connectivity index (χ0v) is 13.2. The van der Waals surface area contributed by atoms with Crippen molar-refractivity contribution in [3.63, 3.8) is 0 Å². The molecular weight excluding hydrogens is 295 g/mol. The molecule has 0 saturated heterocycles. The number of aliphatic hydroxyl groups excluding tert-OH is 1. The first-order valence-corrected chi connectivity index (χ1v) is 6.80. The molecule has 0 saturated carbocycles. The number of methoxy groups -OCH3 is 2. The topological polar surface area (TPSA) is 134 Å². The summed E-state index contributed by atoms with van der Waals surface area (Å²) in [6.07, 6.45) is -1.16. The van der Waals surface area contributed by atoms with Crippen LogP contribution in [0.15, 0.2) is 0 Å². The van der Waals surface area contributed by atoms with Crippen molar-refractivity contribution in [2.75, 3.05) is 14.2 Å². The third kappa shape index (κ3) is 7.39. The molecule has 0 aromatic rings. The number of hydrogen-bond donors (Lipinski definition) is 4. The van der Waals surface area contributed by atoms with Crippen LogP contribution in [0.25, 0.3) is 0 Å². The van der Waals surface area contributed by atoms with Crippen LogP contribution in [0.1, 0.15) is 19.8 Å². The Kier molecular flexibility index (Phi) is 9.38. The highest BCUT2D eigenvalue weighted by molar-refractivity contribution is 6.46. The highest BCUT2D eigenvalue weighted by Crippen LogP contribution is 2.03. The molecule has 1 amide bonds. The molecule has 0 spiro atoms. The third-order valence-electron chi connectivity index (χ3n) is 2.86. The van der Waals surface area contributed by atoms with Gasteiger partial charge in [0.05, 0.1) is 26.4 Å². The number of hydrogen-bond acceptors (Lipinski definition) is 8. The van der Waals surface area contributed by atoms with Crippen molar-refractivity contribution in [1.82, 2.24) is 10.5 Å². The van der Waals surface area contributed by atoms with Crippen molar-refractivity contribution >= 4 is 24.9 Å². The Labute approximate surface area is 129 Å². The van der Waals surface area contributed by atoms with Gasteiger partial charge in [0.2, 0.25) is 5.91 Å². The van der Waals surface area contributed by atoms with Gasteiger partial charge in [-0.3, -0.25) is 9.59 Å². The lowest BCUT2D eigenvalue weighted by Gasteiger charge is -2.23. The summed E-state index contributed by atoms with van der Waals surface area (Å²) < 4.78 is 8.98. The number of esters is 2. The third-order valence-corrected chi connectivity index (χ3v) is 2.86. The zero-order valence-electron chi connectivity index (χ0n) is 13.2. The number of rotatable bonds is 9. The minimum atomic E-state index is -1.24. The molecule has 0 aliphatic heterocycles. The fraction of sp³-hybridized carbons (Fsp3) is 0.750. The van der Waals surface area contributed by atoms with Gasteiger partial charge in [0.25, 0.3) is 0 Å². The van der Waals surface area contributed by atoms with E-state index in [2.05, 4.69) is 20.0 Å². The van der Waals surface area contributed by atoms with Crippen LogP contribution in [-0.4, -0.2) is 67.4 Å². The molecule has 9 nitrogen and oxygen atoms in total. The van der Waals surface area contributed by atoms with Gasteiger partial charge >= 0.3 is 19.0 Å². The molecule has 0 radical (unpaired) electrons. The Hall–Kier alpha value is -1.65. The fourth-order valence-electron chi connectivity index (χ4n) is 1.70. The Balaban J connectivity index is 4.85. The van der Waals surface area contributed by atoms with E-state index < -0.39 is 43.1 Å². The molecule has 22 heavy (non-hydrogen) atoms. The maximum Gasteiger partial charge on any atom is 0.374 e. The van der Waals surface area contributed by atoms with E-state index in [0.717, 1.165) is 7.11 Å². The van der Waals surface area contributed by atoms with E-state index in [4.69, 9.17) is 0 Å². The number of carbonyl (C=O) groups excluding carboxylic acids is 3. The molecule has 0 aromatic heterocycles. The van der Waals surface area contributed by atoms with Gasteiger partial charge in [0.15, 0.2) is 6.04 Å². The molecule has 0 bridgehead atoms. The minimum absolute atomic E-state index is 0.0497. The smallest absolute Gasteiger partial charge is 0.374 e. The van der Waals surface area contributed by atoms with E-state index in [1.165, 1.54) is 20.9 Å². The fourth-order valence-corrected chi connectivity index (χ4v) is 1.70. The average molecular weight is 318 g/mol. The normalized spacial score (nSPS) is 14.5. The molecule has 0 aromatic carbocycles.